The molecule has 0 radical (unpaired) electrons. The van der Waals surface area contributed by atoms with Crippen molar-refractivity contribution in [2.75, 3.05) is 0 Å². The van der Waals surface area contributed by atoms with Gasteiger partial charge in [-0.1, -0.05) is 202 Å². The Bertz CT molecular complexity index is 2480. The van der Waals surface area contributed by atoms with Crippen LogP contribution >= 0.6 is 11.3 Å². The van der Waals surface area contributed by atoms with Crippen LogP contribution < -0.4 is 5.73 Å². The summed E-state index contributed by atoms with van der Waals surface area (Å²) in [6.07, 6.45) is 8.07. The monoisotopic (exact) mass is 762 g/mol. The molecule has 8 aromatic rings. The fourth-order valence-electron chi connectivity index (χ4n) is 6.55. The van der Waals surface area contributed by atoms with Gasteiger partial charge in [0.15, 0.2) is 0 Å². The Morgan fingerprint density at radius 3 is 1.77 bits per heavy atom. The number of hydrogen-bond donors (Lipinski definition) is 2. The summed E-state index contributed by atoms with van der Waals surface area (Å²) in [7, 11) is 0. The molecule has 0 aliphatic heterocycles. The lowest BCUT2D eigenvalue weighted by Crippen LogP contribution is -1.94. The molecular formula is C54H54N2S. The number of aryl methyl sites for hydroxylation is 1. The summed E-state index contributed by atoms with van der Waals surface area (Å²) < 4.78 is 2.51. The maximum Gasteiger partial charge on any atom is 0.0361 e. The summed E-state index contributed by atoms with van der Waals surface area (Å²) in [5.74, 6) is 0.405. The van der Waals surface area contributed by atoms with Crippen LogP contribution in [-0.2, 0) is 6.54 Å². The van der Waals surface area contributed by atoms with Gasteiger partial charge in [-0.25, -0.2) is 0 Å². The number of fused-ring (bicyclic) bond motifs is 3. The molecule has 8 rings (SSSR count). The Hall–Kier alpha value is -6.13. The van der Waals surface area contributed by atoms with Crippen molar-refractivity contribution in [2.24, 2.45) is 5.73 Å². The van der Waals surface area contributed by atoms with Crippen molar-refractivity contribution in [3.8, 4) is 22.3 Å². The molecule has 3 N–H and O–H groups in total. The summed E-state index contributed by atoms with van der Waals surface area (Å²) >= 11 is 1.79. The molecule has 0 saturated heterocycles. The summed E-state index contributed by atoms with van der Waals surface area (Å²) in [6, 6.07) is 61.4. The van der Waals surface area contributed by atoms with E-state index in [0.29, 0.717) is 12.5 Å². The molecule has 0 bridgehead atoms. The number of allylic oxidation sites excluding steroid dienone is 4. The molecule has 3 heteroatoms. The first kappa shape index (κ1) is 42.0. The van der Waals surface area contributed by atoms with Gasteiger partial charge in [-0.3, -0.25) is 0 Å². The molecule has 1 unspecified atom stereocenters. The fourth-order valence-corrected chi connectivity index (χ4v) is 7.67. The van der Waals surface area contributed by atoms with Crippen molar-refractivity contribution >= 4 is 43.3 Å². The molecule has 0 amide bonds. The van der Waals surface area contributed by atoms with E-state index >= 15 is 0 Å². The summed E-state index contributed by atoms with van der Waals surface area (Å²) in [5.41, 5.74) is 17.6. The first-order valence-corrected chi connectivity index (χ1v) is 20.6. The van der Waals surface area contributed by atoms with Gasteiger partial charge >= 0.3 is 0 Å². The van der Waals surface area contributed by atoms with E-state index in [4.69, 9.17) is 11.1 Å². The van der Waals surface area contributed by atoms with Crippen molar-refractivity contribution in [3.05, 3.63) is 222 Å². The normalized spacial score (nSPS) is 11.4. The zero-order valence-electron chi connectivity index (χ0n) is 33.8. The Balaban J connectivity index is 0.000000181. The Morgan fingerprint density at radius 1 is 0.632 bits per heavy atom. The molecule has 7 aromatic carbocycles. The quantitative estimate of drug-likeness (QED) is 0.118. The van der Waals surface area contributed by atoms with Gasteiger partial charge in [0.1, 0.15) is 0 Å². The summed E-state index contributed by atoms with van der Waals surface area (Å²) in [5, 5.41) is 10.2. The lowest BCUT2D eigenvalue weighted by molar-refractivity contribution is 0.968. The van der Waals surface area contributed by atoms with Gasteiger partial charge in [0, 0.05) is 38.5 Å². The molecule has 57 heavy (non-hydrogen) atoms. The van der Waals surface area contributed by atoms with E-state index in [1.165, 1.54) is 76.5 Å². The molecule has 0 fully saturated rings. The number of hydrogen-bond acceptors (Lipinski definition) is 3. The van der Waals surface area contributed by atoms with Crippen LogP contribution in [0.4, 0.5) is 0 Å². The van der Waals surface area contributed by atoms with Gasteiger partial charge in [-0.05, 0) is 82.5 Å². The second-order valence-electron chi connectivity index (χ2n) is 13.5. The Morgan fingerprint density at radius 2 is 1.19 bits per heavy atom. The first-order valence-electron chi connectivity index (χ1n) is 19.8. The number of nitrogens with one attached hydrogen (secondary N) is 1. The molecule has 0 saturated carbocycles. The van der Waals surface area contributed by atoms with Crippen molar-refractivity contribution < 1.29 is 0 Å². The van der Waals surface area contributed by atoms with E-state index in [9.17, 15) is 0 Å². The molecule has 2 nitrogen and oxygen atoms in total. The summed E-state index contributed by atoms with van der Waals surface area (Å²) in [4.78, 5) is 0. The van der Waals surface area contributed by atoms with Gasteiger partial charge in [0.25, 0.3) is 0 Å². The average molecular weight is 763 g/mol. The molecule has 0 aliphatic carbocycles. The zero-order chi connectivity index (χ0) is 40.4. The number of benzene rings is 7. The van der Waals surface area contributed by atoms with Crippen molar-refractivity contribution in [2.45, 2.75) is 47.1 Å². The van der Waals surface area contributed by atoms with Crippen LogP contribution in [0.3, 0.4) is 0 Å². The minimum Gasteiger partial charge on any atom is -0.326 e. The van der Waals surface area contributed by atoms with Crippen LogP contribution in [0, 0.1) is 12.3 Å². The van der Waals surface area contributed by atoms with E-state index in [1.807, 2.05) is 62.4 Å². The van der Waals surface area contributed by atoms with Gasteiger partial charge in [0.05, 0.1) is 0 Å². The number of nitrogens with two attached hydrogens (primary N) is 1. The predicted molar refractivity (Wildman–Crippen MR) is 253 cm³/mol. The molecule has 1 atom stereocenters. The molecule has 0 aliphatic rings. The molecule has 0 spiro atoms. The van der Waals surface area contributed by atoms with Gasteiger partial charge in [0.2, 0.25) is 0 Å². The second kappa shape index (κ2) is 21.8. The Labute approximate surface area is 344 Å². The standard InChI is InChI=1S/C25H17NS.C20H22.C7H9N.C2H6/c26-16-21-7-4-8-24-25(21)22-15-20(13-14-23(22)27-24)19-11-9-18(10-12-19)17-5-2-1-3-6-17;1-4-8-20(19-9-6-5-7-10-19)15-17(3)18-13-11-16(2)12-14-18;8-6-7-4-2-1-3-5-7;1-2/h1-16,26H;4-15,17H,1-3H3;1-5H,6,8H2;1-2H3/b;8-4-,20-15+;;. The SMILES string of the molecule is C/C=C\C(=C/C(C)c1ccc(C)cc1)c1ccccc1.CC.N=Cc1cccc2sc3ccc(-c4ccc(-c5ccccc5)cc4)cc3c12.NCc1ccccc1. The highest BCUT2D eigenvalue weighted by molar-refractivity contribution is 7.25. The van der Waals surface area contributed by atoms with Crippen LogP contribution in [0.5, 0.6) is 0 Å². The van der Waals surface area contributed by atoms with Crippen LogP contribution in [0.15, 0.2) is 194 Å². The number of thiophene rings is 1. The predicted octanol–water partition coefficient (Wildman–Crippen LogP) is 15.3. The maximum absolute atomic E-state index is 7.74. The van der Waals surface area contributed by atoms with E-state index in [1.54, 1.807) is 11.3 Å². The van der Waals surface area contributed by atoms with E-state index < -0.39 is 0 Å². The van der Waals surface area contributed by atoms with E-state index in [2.05, 4.69) is 166 Å². The minimum atomic E-state index is 0.405. The smallest absolute Gasteiger partial charge is 0.0361 e. The lowest BCUT2D eigenvalue weighted by atomic mass is 9.94. The highest BCUT2D eigenvalue weighted by Crippen LogP contribution is 2.38. The molecule has 1 heterocycles. The van der Waals surface area contributed by atoms with Crippen molar-refractivity contribution in [3.63, 3.8) is 0 Å². The summed E-state index contributed by atoms with van der Waals surface area (Å²) in [6.45, 7) is 11.1. The Kier molecular flexibility index (Phi) is 16.1. The molecular weight excluding hydrogens is 709 g/mol. The highest BCUT2D eigenvalue weighted by Gasteiger charge is 2.10. The van der Waals surface area contributed by atoms with Crippen LogP contribution in [0.2, 0.25) is 0 Å². The third kappa shape index (κ3) is 11.5. The average Bonchev–Trinajstić information content (AvgIpc) is 3.67. The minimum absolute atomic E-state index is 0.405. The van der Waals surface area contributed by atoms with Gasteiger partial charge in [-0.15, -0.1) is 11.3 Å². The topological polar surface area (TPSA) is 49.9 Å². The van der Waals surface area contributed by atoms with E-state index in [0.717, 1.165) is 5.56 Å². The van der Waals surface area contributed by atoms with Crippen LogP contribution in [0.1, 0.15) is 61.4 Å². The van der Waals surface area contributed by atoms with Crippen molar-refractivity contribution in [1.82, 2.24) is 0 Å². The lowest BCUT2D eigenvalue weighted by Gasteiger charge is -2.10. The number of rotatable bonds is 8. The largest absolute Gasteiger partial charge is 0.326 e. The van der Waals surface area contributed by atoms with Gasteiger partial charge in [-0.2, -0.15) is 0 Å². The third-order valence-corrected chi connectivity index (χ3v) is 10.7. The van der Waals surface area contributed by atoms with Crippen LogP contribution in [0.25, 0.3) is 48.0 Å². The maximum atomic E-state index is 7.74. The molecule has 1 aromatic heterocycles. The molecule has 286 valence electrons. The van der Waals surface area contributed by atoms with Crippen molar-refractivity contribution in [1.29, 1.82) is 5.41 Å². The van der Waals surface area contributed by atoms with Gasteiger partial charge < -0.3 is 11.1 Å². The van der Waals surface area contributed by atoms with E-state index in [-0.39, 0.29) is 0 Å². The van der Waals surface area contributed by atoms with Crippen LogP contribution in [-0.4, -0.2) is 6.21 Å². The zero-order valence-corrected chi connectivity index (χ0v) is 34.6. The second-order valence-corrected chi connectivity index (χ2v) is 14.6. The fraction of sp³-hybridized carbons (Fsp3) is 0.130. The highest BCUT2D eigenvalue weighted by atomic mass is 32.1. The first-order chi connectivity index (χ1) is 28.0. The third-order valence-electron chi connectivity index (χ3n) is 9.57.